The minimum Gasteiger partial charge on any atom is -0.490 e. The number of carbonyl (C=O) groups is 2. The largest absolute Gasteiger partial charge is 0.490 e. The van der Waals surface area contributed by atoms with Gasteiger partial charge in [-0.05, 0) is 49.7 Å². The molecule has 0 aliphatic carbocycles. The molecule has 0 bridgehead atoms. The van der Waals surface area contributed by atoms with Crippen LogP contribution in [0.15, 0.2) is 42.5 Å². The molecule has 0 saturated carbocycles. The molecule has 0 saturated heterocycles. The van der Waals surface area contributed by atoms with Gasteiger partial charge in [0.15, 0.2) is 11.5 Å². The minimum absolute atomic E-state index is 0.219. The van der Waals surface area contributed by atoms with Crippen LogP contribution in [0.4, 0.5) is 0 Å². The van der Waals surface area contributed by atoms with Crippen molar-refractivity contribution in [2.24, 2.45) is 5.73 Å². The number of nitrogens with two attached hydrogens (primary N) is 1. The molecule has 0 atom stereocenters. The molecule has 0 radical (unpaired) electrons. The highest BCUT2D eigenvalue weighted by molar-refractivity contribution is 5.95. The van der Waals surface area contributed by atoms with Gasteiger partial charge in [0.25, 0.3) is 5.91 Å². The Morgan fingerprint density at radius 2 is 1.52 bits per heavy atom. The van der Waals surface area contributed by atoms with Gasteiger partial charge in [0.2, 0.25) is 5.91 Å². The molecule has 0 unspecified atom stereocenters. The van der Waals surface area contributed by atoms with Crippen LogP contribution in [0.2, 0.25) is 0 Å². The summed E-state index contributed by atoms with van der Waals surface area (Å²) in [7, 11) is 0. The molecule has 3 N–H and O–H groups in total. The molecule has 25 heavy (non-hydrogen) atoms. The van der Waals surface area contributed by atoms with E-state index in [2.05, 4.69) is 5.32 Å². The predicted octanol–water partition coefficient (Wildman–Crippen LogP) is 2.51. The fourth-order valence-electron chi connectivity index (χ4n) is 2.26. The summed E-state index contributed by atoms with van der Waals surface area (Å²) in [5.74, 6) is 0.460. The van der Waals surface area contributed by atoms with Crippen LogP contribution in [0.25, 0.3) is 0 Å². The summed E-state index contributed by atoms with van der Waals surface area (Å²) in [5, 5.41) is 2.83. The highest BCUT2D eigenvalue weighted by Crippen LogP contribution is 2.28. The fraction of sp³-hybridized carbons (Fsp3) is 0.263. The molecule has 6 heteroatoms. The molecule has 0 aromatic heterocycles. The Kier molecular flexibility index (Phi) is 6.39. The van der Waals surface area contributed by atoms with Crippen molar-refractivity contribution in [2.45, 2.75) is 20.4 Å². The third kappa shape index (κ3) is 4.97. The Bertz CT molecular complexity index is 742. The molecule has 0 fully saturated rings. The van der Waals surface area contributed by atoms with Crippen molar-refractivity contribution in [3.8, 4) is 11.5 Å². The SMILES string of the molecule is CCOc1ccc(C(=O)NCc2ccc(C(N)=O)cc2)cc1OCC. The Hall–Kier alpha value is -3.02. The van der Waals surface area contributed by atoms with Gasteiger partial charge in [-0.2, -0.15) is 0 Å². The molecule has 2 amide bonds. The van der Waals surface area contributed by atoms with Gasteiger partial charge in [-0.1, -0.05) is 12.1 Å². The van der Waals surface area contributed by atoms with Crippen molar-refractivity contribution in [3.63, 3.8) is 0 Å². The highest BCUT2D eigenvalue weighted by Gasteiger charge is 2.11. The van der Waals surface area contributed by atoms with Crippen molar-refractivity contribution in [2.75, 3.05) is 13.2 Å². The molecule has 6 nitrogen and oxygen atoms in total. The predicted molar refractivity (Wildman–Crippen MR) is 94.9 cm³/mol. The first-order valence-electron chi connectivity index (χ1n) is 8.11. The molecular weight excluding hydrogens is 320 g/mol. The van der Waals surface area contributed by atoms with Gasteiger partial charge in [-0.3, -0.25) is 9.59 Å². The lowest BCUT2D eigenvalue weighted by molar-refractivity contribution is 0.0948. The number of hydrogen-bond donors (Lipinski definition) is 2. The summed E-state index contributed by atoms with van der Waals surface area (Å²) in [5.41, 5.74) is 6.99. The normalized spacial score (nSPS) is 10.2. The summed E-state index contributed by atoms with van der Waals surface area (Å²) in [4.78, 5) is 23.4. The van der Waals surface area contributed by atoms with Crippen LogP contribution in [0.1, 0.15) is 40.1 Å². The molecule has 0 heterocycles. The summed E-state index contributed by atoms with van der Waals surface area (Å²) < 4.78 is 11.0. The van der Waals surface area contributed by atoms with Crippen molar-refractivity contribution in [3.05, 3.63) is 59.2 Å². The number of amides is 2. The lowest BCUT2D eigenvalue weighted by Crippen LogP contribution is -2.23. The second-order valence-electron chi connectivity index (χ2n) is 5.27. The van der Waals surface area contributed by atoms with E-state index in [4.69, 9.17) is 15.2 Å². The maximum absolute atomic E-state index is 12.3. The lowest BCUT2D eigenvalue weighted by atomic mass is 10.1. The Morgan fingerprint density at radius 1 is 0.920 bits per heavy atom. The van der Waals surface area contributed by atoms with Gasteiger partial charge in [0, 0.05) is 17.7 Å². The highest BCUT2D eigenvalue weighted by atomic mass is 16.5. The number of hydrogen-bond acceptors (Lipinski definition) is 4. The van der Waals surface area contributed by atoms with E-state index in [-0.39, 0.29) is 5.91 Å². The Morgan fingerprint density at radius 3 is 2.12 bits per heavy atom. The Balaban J connectivity index is 2.04. The smallest absolute Gasteiger partial charge is 0.251 e. The standard InChI is InChI=1S/C19H22N2O4/c1-3-24-16-10-9-15(11-17(16)25-4-2)19(23)21-12-13-5-7-14(8-6-13)18(20)22/h5-11H,3-4,12H2,1-2H3,(H2,20,22)(H,21,23). The zero-order valence-electron chi connectivity index (χ0n) is 14.4. The van der Waals surface area contributed by atoms with Gasteiger partial charge < -0.3 is 20.5 Å². The van der Waals surface area contributed by atoms with E-state index in [0.29, 0.717) is 42.4 Å². The zero-order valence-corrected chi connectivity index (χ0v) is 14.4. The number of carbonyl (C=O) groups excluding carboxylic acids is 2. The van der Waals surface area contributed by atoms with E-state index in [0.717, 1.165) is 5.56 Å². The number of nitrogens with one attached hydrogen (secondary N) is 1. The van der Waals surface area contributed by atoms with Crippen LogP contribution < -0.4 is 20.5 Å². The molecule has 0 aliphatic rings. The van der Waals surface area contributed by atoms with Gasteiger partial charge in [-0.25, -0.2) is 0 Å². The molecule has 2 aromatic rings. The lowest BCUT2D eigenvalue weighted by Gasteiger charge is -2.12. The van der Waals surface area contributed by atoms with Crippen LogP contribution >= 0.6 is 0 Å². The van der Waals surface area contributed by atoms with Crippen molar-refractivity contribution in [1.29, 1.82) is 0 Å². The van der Waals surface area contributed by atoms with E-state index in [1.807, 2.05) is 13.8 Å². The first-order chi connectivity index (χ1) is 12.0. The molecule has 132 valence electrons. The van der Waals surface area contributed by atoms with E-state index in [9.17, 15) is 9.59 Å². The van der Waals surface area contributed by atoms with E-state index >= 15 is 0 Å². The Labute approximate surface area is 146 Å². The number of benzene rings is 2. The third-order valence-corrected chi connectivity index (χ3v) is 3.50. The maximum Gasteiger partial charge on any atom is 0.251 e. The fourth-order valence-corrected chi connectivity index (χ4v) is 2.26. The van der Waals surface area contributed by atoms with Crippen LogP contribution in [-0.2, 0) is 6.54 Å². The summed E-state index contributed by atoms with van der Waals surface area (Å²) >= 11 is 0. The maximum atomic E-state index is 12.3. The molecule has 0 aliphatic heterocycles. The average molecular weight is 342 g/mol. The summed E-state index contributed by atoms with van der Waals surface area (Å²) in [6, 6.07) is 11.9. The number of primary amides is 1. The third-order valence-electron chi connectivity index (χ3n) is 3.50. The topological polar surface area (TPSA) is 90.6 Å². The van der Waals surface area contributed by atoms with E-state index in [1.165, 1.54) is 0 Å². The number of rotatable bonds is 8. The van der Waals surface area contributed by atoms with Gasteiger partial charge in [-0.15, -0.1) is 0 Å². The van der Waals surface area contributed by atoms with Crippen LogP contribution in [-0.4, -0.2) is 25.0 Å². The van der Waals surface area contributed by atoms with Gasteiger partial charge in [0.05, 0.1) is 13.2 Å². The quantitative estimate of drug-likeness (QED) is 0.771. The first kappa shape index (κ1) is 18.3. The molecule has 0 spiro atoms. The van der Waals surface area contributed by atoms with Crippen LogP contribution in [0.5, 0.6) is 11.5 Å². The number of ether oxygens (including phenoxy) is 2. The van der Waals surface area contributed by atoms with Crippen molar-refractivity contribution < 1.29 is 19.1 Å². The summed E-state index contributed by atoms with van der Waals surface area (Å²) in [6.45, 7) is 5.11. The van der Waals surface area contributed by atoms with Crippen molar-refractivity contribution in [1.82, 2.24) is 5.32 Å². The van der Waals surface area contributed by atoms with Gasteiger partial charge >= 0.3 is 0 Å². The molecule has 2 aromatic carbocycles. The van der Waals surface area contributed by atoms with E-state index in [1.54, 1.807) is 42.5 Å². The van der Waals surface area contributed by atoms with Crippen LogP contribution in [0, 0.1) is 0 Å². The first-order valence-corrected chi connectivity index (χ1v) is 8.11. The minimum atomic E-state index is -0.478. The van der Waals surface area contributed by atoms with Crippen molar-refractivity contribution >= 4 is 11.8 Å². The molecular formula is C19H22N2O4. The second-order valence-corrected chi connectivity index (χ2v) is 5.27. The van der Waals surface area contributed by atoms with Crippen LogP contribution in [0.3, 0.4) is 0 Å². The zero-order chi connectivity index (χ0) is 18.2. The van der Waals surface area contributed by atoms with Gasteiger partial charge in [0.1, 0.15) is 0 Å². The second kappa shape index (κ2) is 8.73. The monoisotopic (exact) mass is 342 g/mol. The summed E-state index contributed by atoms with van der Waals surface area (Å²) in [6.07, 6.45) is 0. The van der Waals surface area contributed by atoms with E-state index < -0.39 is 5.91 Å². The molecule has 2 rings (SSSR count). The average Bonchev–Trinajstić information content (AvgIpc) is 2.62.